The van der Waals surface area contributed by atoms with E-state index in [1.807, 2.05) is 95.3 Å². The molecule has 0 aromatic heterocycles. The van der Waals surface area contributed by atoms with Gasteiger partial charge < -0.3 is 20.2 Å². The van der Waals surface area contributed by atoms with Crippen molar-refractivity contribution in [2.75, 3.05) is 18.0 Å². The molecule has 0 bridgehead atoms. The first-order chi connectivity index (χ1) is 20.3. The highest BCUT2D eigenvalue weighted by atomic mass is 35.5. The summed E-state index contributed by atoms with van der Waals surface area (Å²) >= 11 is 6.07. The number of aliphatic hydroxyl groups is 1. The number of hydrogen-bond donors (Lipinski definition) is 2. The predicted molar refractivity (Wildman–Crippen MR) is 169 cm³/mol. The van der Waals surface area contributed by atoms with E-state index in [0.717, 1.165) is 27.9 Å². The van der Waals surface area contributed by atoms with E-state index in [1.54, 1.807) is 21.9 Å². The molecule has 2 N–H and O–H groups in total. The molecule has 43 heavy (non-hydrogen) atoms. The molecule has 3 atom stereocenters. The van der Waals surface area contributed by atoms with Crippen molar-refractivity contribution >= 4 is 35.0 Å². The van der Waals surface area contributed by atoms with Crippen LogP contribution in [-0.4, -0.2) is 46.9 Å². The second kappa shape index (κ2) is 11.8. The predicted octanol–water partition coefficient (Wildman–Crippen LogP) is 5.89. The van der Waals surface area contributed by atoms with Crippen LogP contribution in [0.25, 0.3) is 0 Å². The molecule has 5 rings (SSSR count). The van der Waals surface area contributed by atoms with Gasteiger partial charge in [0.05, 0.1) is 18.1 Å². The van der Waals surface area contributed by atoms with E-state index in [2.05, 4.69) is 5.32 Å². The molecule has 3 aromatic carbocycles. The van der Waals surface area contributed by atoms with Crippen molar-refractivity contribution in [2.24, 2.45) is 11.3 Å². The molecule has 0 aliphatic carbocycles. The largest absolute Gasteiger partial charge is 0.384 e. The van der Waals surface area contributed by atoms with Gasteiger partial charge in [-0.3, -0.25) is 14.4 Å². The number of benzene rings is 3. The van der Waals surface area contributed by atoms with Crippen molar-refractivity contribution in [3.63, 3.8) is 0 Å². The lowest BCUT2D eigenvalue weighted by atomic mass is 9.66. The Morgan fingerprint density at radius 1 is 0.953 bits per heavy atom. The summed E-state index contributed by atoms with van der Waals surface area (Å²) in [6.07, 6.45) is 0.374. The zero-order valence-corrected chi connectivity index (χ0v) is 26.2. The maximum Gasteiger partial charge on any atom is 0.258 e. The number of piperidine rings is 1. The Kier molecular flexibility index (Phi) is 8.43. The topological polar surface area (TPSA) is 90.0 Å². The van der Waals surface area contributed by atoms with Crippen molar-refractivity contribution < 1.29 is 19.5 Å². The third-order valence-electron chi connectivity index (χ3n) is 9.23. The zero-order chi connectivity index (χ0) is 31.1. The van der Waals surface area contributed by atoms with E-state index in [0.29, 0.717) is 31.1 Å². The van der Waals surface area contributed by atoms with Crippen LogP contribution < -0.4 is 10.2 Å². The van der Waals surface area contributed by atoms with Crippen molar-refractivity contribution in [1.82, 2.24) is 10.2 Å². The van der Waals surface area contributed by atoms with Crippen molar-refractivity contribution in [3.05, 3.63) is 100 Å². The second-order valence-corrected chi connectivity index (χ2v) is 13.3. The number of likely N-dealkylation sites (tertiary alicyclic amines) is 1. The maximum absolute atomic E-state index is 13.8. The van der Waals surface area contributed by atoms with Gasteiger partial charge in [0.15, 0.2) is 0 Å². The van der Waals surface area contributed by atoms with Gasteiger partial charge in [-0.2, -0.15) is 0 Å². The molecule has 2 aliphatic rings. The van der Waals surface area contributed by atoms with Crippen LogP contribution in [0, 0.1) is 11.3 Å². The molecule has 0 spiro atoms. The monoisotopic (exact) mass is 601 g/mol. The van der Waals surface area contributed by atoms with Crippen molar-refractivity contribution in [3.8, 4) is 0 Å². The lowest BCUT2D eigenvalue weighted by molar-refractivity contribution is -0.156. The van der Waals surface area contributed by atoms with E-state index < -0.39 is 23.0 Å². The van der Waals surface area contributed by atoms with Gasteiger partial charge >= 0.3 is 0 Å². The van der Waals surface area contributed by atoms with Crippen LogP contribution in [0.15, 0.2) is 72.8 Å². The molecule has 8 heteroatoms. The van der Waals surface area contributed by atoms with Gasteiger partial charge in [-0.25, -0.2) is 0 Å². The van der Waals surface area contributed by atoms with Crippen LogP contribution in [0.1, 0.15) is 74.0 Å². The number of halogens is 1. The van der Waals surface area contributed by atoms with Crippen LogP contribution in [0.3, 0.4) is 0 Å². The van der Waals surface area contributed by atoms with Crippen LogP contribution >= 0.6 is 11.6 Å². The SMILES string of the molecule is CC(C)[C@@H](NC(=O)[C@@H](C)c1ccc(N2Cc3ccccc3C2=O)cc1)C(=O)N1CC[C@](O)(c2ccc(Cl)cc2)C(C)(C)C1. The first kappa shape index (κ1) is 30.8. The van der Waals surface area contributed by atoms with E-state index in [-0.39, 0.29) is 23.6 Å². The third-order valence-corrected chi connectivity index (χ3v) is 9.48. The highest BCUT2D eigenvalue weighted by molar-refractivity contribution is 6.30. The van der Waals surface area contributed by atoms with Gasteiger partial charge in [-0.1, -0.05) is 81.8 Å². The number of carbonyl (C=O) groups excluding carboxylic acids is 3. The summed E-state index contributed by atoms with van der Waals surface area (Å²) in [6, 6.07) is 21.6. The molecular weight excluding hydrogens is 562 g/mol. The molecule has 0 radical (unpaired) electrons. The number of nitrogens with one attached hydrogen (secondary N) is 1. The molecule has 0 unspecified atom stereocenters. The number of amides is 3. The summed E-state index contributed by atoms with van der Waals surface area (Å²) in [7, 11) is 0. The Morgan fingerprint density at radius 3 is 2.21 bits per heavy atom. The number of carbonyl (C=O) groups is 3. The third kappa shape index (κ3) is 5.80. The summed E-state index contributed by atoms with van der Waals surface area (Å²) in [5, 5.41) is 15.3. The molecule has 3 amide bonds. The molecule has 3 aromatic rings. The normalized spacial score (nSPS) is 21.0. The smallest absolute Gasteiger partial charge is 0.258 e. The molecule has 0 saturated carbocycles. The summed E-state index contributed by atoms with van der Waals surface area (Å²) < 4.78 is 0. The first-order valence-corrected chi connectivity index (χ1v) is 15.3. The number of rotatable bonds is 7. The molecule has 1 saturated heterocycles. The van der Waals surface area contributed by atoms with Gasteiger partial charge in [0.1, 0.15) is 6.04 Å². The van der Waals surface area contributed by atoms with E-state index in [4.69, 9.17) is 11.6 Å². The molecule has 1 fully saturated rings. The average molecular weight is 602 g/mol. The Hall–Kier alpha value is -3.68. The lowest BCUT2D eigenvalue weighted by Crippen LogP contribution is -2.60. The second-order valence-electron chi connectivity index (χ2n) is 12.9. The summed E-state index contributed by atoms with van der Waals surface area (Å²) in [4.78, 5) is 43.6. The van der Waals surface area contributed by atoms with Gasteiger partial charge in [0, 0.05) is 34.8 Å². The lowest BCUT2D eigenvalue weighted by Gasteiger charge is -2.51. The highest BCUT2D eigenvalue weighted by Crippen LogP contribution is 2.46. The van der Waals surface area contributed by atoms with Crippen molar-refractivity contribution in [2.45, 2.75) is 65.1 Å². The minimum atomic E-state index is -1.12. The standard InChI is InChI=1S/C35H40ClN3O4/c1-22(2)30(33(42)38-19-18-35(43,34(4,5)21-38)26-12-14-27(36)15-13-26)37-31(40)23(3)24-10-16-28(17-11-24)39-20-25-8-6-7-9-29(25)32(39)41/h6-17,22-23,30,43H,18-21H2,1-5H3,(H,37,40)/t23-,30+,35-/m0/s1. The number of nitrogens with zero attached hydrogens (tertiary/aromatic N) is 2. The minimum Gasteiger partial charge on any atom is -0.384 e. The molecular formula is C35H40ClN3O4. The fourth-order valence-corrected chi connectivity index (χ4v) is 6.44. The Bertz CT molecular complexity index is 1520. The Balaban J connectivity index is 1.24. The Labute approximate surface area is 258 Å². The van der Waals surface area contributed by atoms with Crippen molar-refractivity contribution in [1.29, 1.82) is 0 Å². The molecule has 2 aliphatic heterocycles. The highest BCUT2D eigenvalue weighted by Gasteiger charge is 2.50. The zero-order valence-electron chi connectivity index (χ0n) is 25.4. The summed E-state index contributed by atoms with van der Waals surface area (Å²) in [6.45, 7) is 10.8. The van der Waals surface area contributed by atoms with Crippen LogP contribution in [-0.2, 0) is 21.7 Å². The fourth-order valence-electron chi connectivity index (χ4n) is 6.32. The minimum absolute atomic E-state index is 0.0278. The fraction of sp³-hybridized carbons (Fsp3) is 0.400. The van der Waals surface area contributed by atoms with Crippen LogP contribution in [0.2, 0.25) is 5.02 Å². The van der Waals surface area contributed by atoms with Gasteiger partial charge in [0.25, 0.3) is 5.91 Å². The molecule has 2 heterocycles. The van der Waals surface area contributed by atoms with Gasteiger partial charge in [-0.05, 0) is 66.3 Å². The quantitative estimate of drug-likeness (QED) is 0.353. The average Bonchev–Trinajstić information content (AvgIpc) is 3.33. The molecule has 7 nitrogen and oxygen atoms in total. The summed E-state index contributed by atoms with van der Waals surface area (Å²) in [5.74, 6) is -1.04. The number of hydrogen-bond acceptors (Lipinski definition) is 4. The summed E-state index contributed by atoms with van der Waals surface area (Å²) in [5.41, 5.74) is 2.32. The number of anilines is 1. The van der Waals surface area contributed by atoms with Gasteiger partial charge in [0.2, 0.25) is 11.8 Å². The van der Waals surface area contributed by atoms with E-state index >= 15 is 0 Å². The van der Waals surface area contributed by atoms with Crippen LogP contribution in [0.4, 0.5) is 5.69 Å². The Morgan fingerprint density at radius 2 is 1.60 bits per heavy atom. The maximum atomic E-state index is 13.8. The molecule has 226 valence electrons. The first-order valence-electron chi connectivity index (χ1n) is 14.9. The van der Waals surface area contributed by atoms with Gasteiger partial charge in [-0.15, -0.1) is 0 Å². The van der Waals surface area contributed by atoms with E-state index in [9.17, 15) is 19.5 Å². The van der Waals surface area contributed by atoms with E-state index in [1.165, 1.54) is 0 Å². The number of fused-ring (bicyclic) bond motifs is 1. The van der Waals surface area contributed by atoms with Crippen LogP contribution in [0.5, 0.6) is 0 Å².